The van der Waals surface area contributed by atoms with Crippen molar-refractivity contribution < 1.29 is 14.7 Å². The highest BCUT2D eigenvalue weighted by atomic mass is 32.1. The van der Waals surface area contributed by atoms with Crippen molar-refractivity contribution in [3.05, 3.63) is 16.0 Å². The van der Waals surface area contributed by atoms with Gasteiger partial charge >= 0.3 is 5.97 Å². The summed E-state index contributed by atoms with van der Waals surface area (Å²) in [5.41, 5.74) is 0.885. The second-order valence-electron chi connectivity index (χ2n) is 8.52. The maximum atomic E-state index is 12.2. The smallest absolute Gasteiger partial charge is 0.339 e. The zero-order valence-electron chi connectivity index (χ0n) is 14.9. The summed E-state index contributed by atoms with van der Waals surface area (Å²) >= 11 is 1.44. The first-order chi connectivity index (χ1) is 10.4. The number of carbonyl (C=O) groups is 2. The predicted octanol–water partition coefficient (Wildman–Crippen LogP) is 4.58. The zero-order valence-corrected chi connectivity index (χ0v) is 15.7. The molecule has 4 nitrogen and oxygen atoms in total. The van der Waals surface area contributed by atoms with Crippen LogP contribution in [0.5, 0.6) is 0 Å². The van der Waals surface area contributed by atoms with Crippen LogP contribution in [0.1, 0.15) is 68.8 Å². The summed E-state index contributed by atoms with van der Waals surface area (Å²) in [6, 6.07) is 0. The SMILES string of the molecule is CC(C)(C)C(=O)Nc1sc2c(c1C(=O)O)CC[C@H](C(C)(C)C)C2. The van der Waals surface area contributed by atoms with Gasteiger partial charge in [-0.05, 0) is 36.2 Å². The molecular formula is C18H27NO3S. The highest BCUT2D eigenvalue weighted by Gasteiger charge is 2.34. The van der Waals surface area contributed by atoms with Crippen molar-refractivity contribution in [1.29, 1.82) is 0 Å². The van der Waals surface area contributed by atoms with Crippen molar-refractivity contribution >= 4 is 28.2 Å². The second kappa shape index (κ2) is 5.93. The molecule has 0 unspecified atom stereocenters. The molecule has 0 saturated carbocycles. The van der Waals surface area contributed by atoms with E-state index in [-0.39, 0.29) is 11.3 Å². The Kier molecular flexibility index (Phi) is 4.64. The molecule has 0 aliphatic heterocycles. The van der Waals surface area contributed by atoms with Gasteiger partial charge in [0.1, 0.15) is 5.00 Å². The Labute approximate surface area is 142 Å². The third kappa shape index (κ3) is 3.77. The monoisotopic (exact) mass is 337 g/mol. The van der Waals surface area contributed by atoms with Gasteiger partial charge in [0.15, 0.2) is 0 Å². The average molecular weight is 337 g/mol. The predicted molar refractivity (Wildman–Crippen MR) is 94.3 cm³/mol. The number of aromatic carboxylic acids is 1. The van der Waals surface area contributed by atoms with Gasteiger partial charge < -0.3 is 10.4 Å². The third-order valence-electron chi connectivity index (χ3n) is 4.61. The van der Waals surface area contributed by atoms with Crippen molar-refractivity contribution in [2.24, 2.45) is 16.7 Å². The van der Waals surface area contributed by atoms with Crippen molar-refractivity contribution in [3.8, 4) is 0 Å². The van der Waals surface area contributed by atoms with Crippen LogP contribution in [0, 0.1) is 16.7 Å². The Bertz CT molecular complexity index is 632. The van der Waals surface area contributed by atoms with Crippen molar-refractivity contribution in [2.45, 2.75) is 60.8 Å². The van der Waals surface area contributed by atoms with Crippen LogP contribution in [0.4, 0.5) is 5.00 Å². The van der Waals surface area contributed by atoms with Crippen LogP contribution in [-0.2, 0) is 17.6 Å². The fraction of sp³-hybridized carbons (Fsp3) is 0.667. The molecule has 1 heterocycles. The van der Waals surface area contributed by atoms with E-state index >= 15 is 0 Å². The van der Waals surface area contributed by atoms with Crippen LogP contribution >= 0.6 is 11.3 Å². The molecule has 0 saturated heterocycles. The fourth-order valence-electron chi connectivity index (χ4n) is 2.93. The van der Waals surface area contributed by atoms with E-state index in [9.17, 15) is 14.7 Å². The highest BCUT2D eigenvalue weighted by Crippen LogP contribution is 2.44. The van der Waals surface area contributed by atoms with E-state index in [2.05, 4.69) is 26.1 Å². The molecule has 1 aromatic rings. The molecule has 1 aliphatic carbocycles. The lowest BCUT2D eigenvalue weighted by molar-refractivity contribution is -0.123. The molecule has 2 N–H and O–H groups in total. The zero-order chi connectivity index (χ0) is 17.6. The maximum absolute atomic E-state index is 12.2. The van der Waals surface area contributed by atoms with E-state index in [4.69, 9.17) is 0 Å². The standard InChI is InChI=1S/C18H27NO3S/c1-17(2,3)10-7-8-11-12(9-10)23-14(13(11)15(20)21)19-16(22)18(4,5)6/h10H,7-9H2,1-6H3,(H,19,22)(H,20,21)/t10-/m0/s1. The molecule has 0 radical (unpaired) electrons. The largest absolute Gasteiger partial charge is 0.478 e. The summed E-state index contributed by atoms with van der Waals surface area (Å²) in [5, 5.41) is 12.9. The molecule has 1 aromatic heterocycles. The molecule has 0 aromatic carbocycles. The van der Waals surface area contributed by atoms with Gasteiger partial charge in [0.05, 0.1) is 5.56 Å². The van der Waals surface area contributed by atoms with Crippen LogP contribution in [-0.4, -0.2) is 17.0 Å². The molecule has 5 heteroatoms. The number of carboxylic acids is 1. The van der Waals surface area contributed by atoms with Gasteiger partial charge in [0.2, 0.25) is 5.91 Å². The lowest BCUT2D eigenvalue weighted by Crippen LogP contribution is -2.28. The van der Waals surface area contributed by atoms with E-state index in [0.717, 1.165) is 29.7 Å². The van der Waals surface area contributed by atoms with Crippen LogP contribution in [0.2, 0.25) is 0 Å². The van der Waals surface area contributed by atoms with Crippen LogP contribution in [0.15, 0.2) is 0 Å². The number of thiophene rings is 1. The van der Waals surface area contributed by atoms with Crippen LogP contribution in [0.3, 0.4) is 0 Å². The summed E-state index contributed by atoms with van der Waals surface area (Å²) < 4.78 is 0. The molecule has 0 fully saturated rings. The molecule has 23 heavy (non-hydrogen) atoms. The number of hydrogen-bond acceptors (Lipinski definition) is 3. The first-order valence-corrected chi connectivity index (χ1v) is 8.92. The number of rotatable bonds is 2. The first kappa shape index (κ1) is 18.0. The number of anilines is 1. The second-order valence-corrected chi connectivity index (χ2v) is 9.63. The van der Waals surface area contributed by atoms with Crippen LogP contribution < -0.4 is 5.32 Å². The molecular weight excluding hydrogens is 310 g/mol. The third-order valence-corrected chi connectivity index (χ3v) is 5.78. The lowest BCUT2D eigenvalue weighted by atomic mass is 9.72. The molecule has 0 spiro atoms. The number of amides is 1. The van der Waals surface area contributed by atoms with Gasteiger partial charge in [-0.15, -0.1) is 11.3 Å². The van der Waals surface area contributed by atoms with Crippen molar-refractivity contribution in [2.75, 3.05) is 5.32 Å². The van der Waals surface area contributed by atoms with E-state index in [1.165, 1.54) is 11.3 Å². The Balaban J connectivity index is 2.37. The minimum Gasteiger partial charge on any atom is -0.478 e. The fourth-order valence-corrected chi connectivity index (χ4v) is 4.24. The van der Waals surface area contributed by atoms with E-state index in [0.29, 0.717) is 16.5 Å². The summed E-state index contributed by atoms with van der Waals surface area (Å²) in [6.45, 7) is 12.2. The Morgan fingerprint density at radius 2 is 1.78 bits per heavy atom. The summed E-state index contributed by atoms with van der Waals surface area (Å²) in [7, 11) is 0. The molecule has 1 amide bonds. The number of carboxylic acid groups (broad SMARTS) is 1. The van der Waals surface area contributed by atoms with Crippen molar-refractivity contribution in [1.82, 2.24) is 0 Å². The number of fused-ring (bicyclic) bond motifs is 1. The molecule has 1 atom stereocenters. The maximum Gasteiger partial charge on any atom is 0.339 e. The normalized spacial score (nSPS) is 18.4. The van der Waals surface area contributed by atoms with Gasteiger partial charge in [-0.3, -0.25) is 4.79 Å². The Morgan fingerprint density at radius 3 is 2.26 bits per heavy atom. The van der Waals surface area contributed by atoms with Crippen molar-refractivity contribution in [3.63, 3.8) is 0 Å². The topological polar surface area (TPSA) is 66.4 Å². The summed E-state index contributed by atoms with van der Waals surface area (Å²) in [6.07, 6.45) is 2.68. The molecule has 2 rings (SSSR count). The minimum atomic E-state index is -0.944. The Morgan fingerprint density at radius 1 is 1.17 bits per heavy atom. The van der Waals surface area contributed by atoms with E-state index in [1.54, 1.807) is 0 Å². The summed E-state index contributed by atoms with van der Waals surface area (Å²) in [4.78, 5) is 25.1. The van der Waals surface area contributed by atoms with E-state index < -0.39 is 11.4 Å². The average Bonchev–Trinajstić information content (AvgIpc) is 2.73. The Hall–Kier alpha value is -1.36. The van der Waals surface area contributed by atoms with E-state index in [1.807, 2.05) is 20.8 Å². The molecule has 0 bridgehead atoms. The lowest BCUT2D eigenvalue weighted by Gasteiger charge is -2.33. The molecule has 1 aliphatic rings. The van der Waals surface area contributed by atoms with Gasteiger partial charge in [0.25, 0.3) is 0 Å². The number of carbonyl (C=O) groups excluding carboxylic acids is 1. The summed E-state index contributed by atoms with van der Waals surface area (Å²) in [5.74, 6) is -0.548. The van der Waals surface area contributed by atoms with Gasteiger partial charge in [0, 0.05) is 10.3 Å². The number of nitrogens with one attached hydrogen (secondary N) is 1. The highest BCUT2D eigenvalue weighted by molar-refractivity contribution is 7.17. The van der Waals surface area contributed by atoms with Gasteiger partial charge in [-0.2, -0.15) is 0 Å². The van der Waals surface area contributed by atoms with Gasteiger partial charge in [-0.1, -0.05) is 41.5 Å². The van der Waals surface area contributed by atoms with Gasteiger partial charge in [-0.25, -0.2) is 4.79 Å². The first-order valence-electron chi connectivity index (χ1n) is 8.10. The minimum absolute atomic E-state index is 0.147. The number of hydrogen-bond donors (Lipinski definition) is 2. The molecule has 128 valence electrons. The van der Waals surface area contributed by atoms with Crippen LogP contribution in [0.25, 0.3) is 0 Å². The quantitative estimate of drug-likeness (QED) is 0.830.